The van der Waals surface area contributed by atoms with Gasteiger partial charge in [-0.25, -0.2) is 26.9 Å². The molecule has 1 aromatic carbocycles. The van der Waals surface area contributed by atoms with Crippen molar-refractivity contribution in [3.8, 4) is 22.8 Å². The second-order valence-corrected chi connectivity index (χ2v) is 11.5. The van der Waals surface area contributed by atoms with Crippen molar-refractivity contribution in [2.24, 2.45) is 0 Å². The Bertz CT molecular complexity index is 1480. The number of hydrazine groups is 1. The van der Waals surface area contributed by atoms with Gasteiger partial charge in [0.2, 0.25) is 6.04 Å². The highest BCUT2D eigenvalue weighted by Crippen LogP contribution is 2.35. The summed E-state index contributed by atoms with van der Waals surface area (Å²) in [6.07, 6.45) is 1.61. The number of ether oxygens (including phenoxy) is 1. The molecule has 14 heteroatoms. The zero-order chi connectivity index (χ0) is 26.5. The molecule has 3 heterocycles. The van der Waals surface area contributed by atoms with Crippen molar-refractivity contribution in [1.29, 1.82) is 0 Å². The highest BCUT2D eigenvalue weighted by molar-refractivity contribution is 7.93. The lowest BCUT2D eigenvalue weighted by molar-refractivity contribution is -0.652. The van der Waals surface area contributed by atoms with Gasteiger partial charge >= 0.3 is 6.61 Å². The maximum absolute atomic E-state index is 14.7. The summed E-state index contributed by atoms with van der Waals surface area (Å²) in [5, 5.41) is 4.49. The Balaban J connectivity index is 1.52. The van der Waals surface area contributed by atoms with Crippen LogP contribution in [0.5, 0.6) is 5.75 Å². The van der Waals surface area contributed by atoms with Crippen molar-refractivity contribution in [3.63, 3.8) is 0 Å². The molecule has 2 aromatic heterocycles. The van der Waals surface area contributed by atoms with E-state index in [-0.39, 0.29) is 29.5 Å². The van der Waals surface area contributed by atoms with Crippen LogP contribution in [0.1, 0.15) is 24.6 Å². The van der Waals surface area contributed by atoms with E-state index in [1.165, 1.54) is 22.9 Å². The molecule has 1 fully saturated rings. The molecule has 1 saturated heterocycles. The summed E-state index contributed by atoms with van der Waals surface area (Å²) in [6, 6.07) is 5.89. The number of hydrogen-bond donors (Lipinski definition) is 1. The van der Waals surface area contributed by atoms with Crippen molar-refractivity contribution >= 4 is 9.84 Å². The Morgan fingerprint density at radius 3 is 2.68 bits per heavy atom. The number of rotatable bonds is 7. The number of nitrogens with zero attached hydrogens (tertiary/aromatic N) is 4. The minimum absolute atomic E-state index is 0.0887. The van der Waals surface area contributed by atoms with Gasteiger partial charge in [-0.15, -0.1) is 5.43 Å². The predicted molar refractivity (Wildman–Crippen MR) is 123 cm³/mol. The third-order valence-electron chi connectivity index (χ3n) is 6.36. The molecular formula is C23H22F4N5O4S+. The molecule has 0 radical (unpaired) electrons. The largest absolute Gasteiger partial charge is 0.435 e. The Labute approximate surface area is 208 Å². The normalized spacial score (nSPS) is 19.7. The summed E-state index contributed by atoms with van der Waals surface area (Å²) in [4.78, 5) is 17.4. The third-order valence-corrected chi connectivity index (χ3v) is 8.51. The molecular weight excluding hydrogens is 518 g/mol. The summed E-state index contributed by atoms with van der Waals surface area (Å²) < 4.78 is 82.6. The Morgan fingerprint density at radius 2 is 2.00 bits per heavy atom. The Hall–Kier alpha value is -3.55. The van der Waals surface area contributed by atoms with Crippen molar-refractivity contribution in [1.82, 2.24) is 20.2 Å². The third kappa shape index (κ3) is 5.02. The second kappa shape index (κ2) is 9.08. The molecule has 0 unspecified atom stereocenters. The zero-order valence-electron chi connectivity index (χ0n) is 19.5. The fourth-order valence-electron chi connectivity index (χ4n) is 4.93. The molecule has 0 bridgehead atoms. The fraction of sp³-hybridized carbons (Fsp3) is 0.391. The first-order chi connectivity index (χ1) is 17.4. The van der Waals surface area contributed by atoms with Gasteiger partial charge in [0.15, 0.2) is 21.5 Å². The van der Waals surface area contributed by atoms with Crippen LogP contribution in [-0.2, 0) is 22.7 Å². The number of nitroso groups, excluding NO2 is 1. The van der Waals surface area contributed by atoms with E-state index >= 15 is 0 Å². The first-order valence-electron chi connectivity index (χ1n) is 11.4. The van der Waals surface area contributed by atoms with E-state index in [9.17, 15) is 30.9 Å². The maximum atomic E-state index is 14.7. The van der Waals surface area contributed by atoms with Crippen molar-refractivity contribution < 1.29 is 35.6 Å². The van der Waals surface area contributed by atoms with E-state index in [0.717, 1.165) is 6.20 Å². The number of nitrogens with one attached hydrogen (secondary N) is 1. The molecule has 3 aromatic rings. The van der Waals surface area contributed by atoms with Gasteiger partial charge in [-0.2, -0.15) is 13.9 Å². The topological polar surface area (TPSA) is 106 Å². The number of hydrogen-bond acceptors (Lipinski definition) is 6. The lowest BCUT2D eigenvalue weighted by Gasteiger charge is -2.35. The molecule has 1 aliphatic heterocycles. The number of fused-ring (bicyclic) bond motifs is 1. The van der Waals surface area contributed by atoms with Crippen LogP contribution in [0.25, 0.3) is 17.1 Å². The monoisotopic (exact) mass is 540 g/mol. The molecule has 5 rings (SSSR count). The fourth-order valence-corrected chi connectivity index (χ4v) is 6.92. The molecule has 0 spiro atoms. The van der Waals surface area contributed by atoms with E-state index in [1.54, 1.807) is 13.0 Å². The standard InChI is InChI=1S/C23H22F4N5O4S/c1-23(11-37(34,35)12-23)30-32(33)15-5-6-17-19(9-15)31(21-18(25)8-14(24)10-28-21)29-20(17)13-3-2-4-16(7-13)36-22(26)27/h2-4,7-8,10,15,22H,5-6,9,11-12H2,1H3,(H,30,33)/q+1/t15-/m1/s1. The average Bonchev–Trinajstić information content (AvgIpc) is 3.16. The van der Waals surface area contributed by atoms with Gasteiger partial charge < -0.3 is 4.74 Å². The molecule has 1 atom stereocenters. The summed E-state index contributed by atoms with van der Waals surface area (Å²) in [5.74, 6) is -2.56. The van der Waals surface area contributed by atoms with E-state index in [0.29, 0.717) is 46.3 Å². The molecule has 0 saturated carbocycles. The van der Waals surface area contributed by atoms with E-state index in [2.05, 4.69) is 20.2 Å². The molecule has 9 nitrogen and oxygen atoms in total. The minimum atomic E-state index is -3.18. The van der Waals surface area contributed by atoms with Crippen LogP contribution in [0.15, 0.2) is 36.5 Å². The molecule has 37 heavy (non-hydrogen) atoms. The van der Waals surface area contributed by atoms with Gasteiger partial charge in [0.25, 0.3) is 0 Å². The van der Waals surface area contributed by atoms with Crippen LogP contribution >= 0.6 is 0 Å². The molecule has 1 N–H and O–H groups in total. The molecule has 0 amide bonds. The predicted octanol–water partition coefficient (Wildman–Crippen LogP) is 3.14. The average molecular weight is 541 g/mol. The molecule has 1 aliphatic carbocycles. The lowest BCUT2D eigenvalue weighted by Crippen LogP contribution is -2.65. The van der Waals surface area contributed by atoms with E-state index in [4.69, 9.17) is 0 Å². The lowest BCUT2D eigenvalue weighted by atomic mass is 9.90. The van der Waals surface area contributed by atoms with Crippen LogP contribution in [0.4, 0.5) is 17.6 Å². The van der Waals surface area contributed by atoms with Gasteiger partial charge in [-0.1, -0.05) is 12.1 Å². The van der Waals surface area contributed by atoms with Crippen LogP contribution in [-0.4, -0.2) is 57.7 Å². The number of aromatic nitrogens is 3. The van der Waals surface area contributed by atoms with Gasteiger partial charge in [0, 0.05) is 23.6 Å². The van der Waals surface area contributed by atoms with Gasteiger partial charge in [0.05, 0.1) is 40.4 Å². The van der Waals surface area contributed by atoms with Crippen molar-refractivity contribution in [2.75, 3.05) is 11.5 Å². The first kappa shape index (κ1) is 25.1. The Kier molecular flexibility index (Phi) is 6.16. The van der Waals surface area contributed by atoms with Crippen LogP contribution in [0.3, 0.4) is 0 Å². The maximum Gasteiger partial charge on any atom is 0.387 e. The van der Waals surface area contributed by atoms with E-state index in [1.807, 2.05) is 0 Å². The number of alkyl halides is 2. The van der Waals surface area contributed by atoms with E-state index < -0.39 is 39.7 Å². The summed E-state index contributed by atoms with van der Waals surface area (Å²) in [7, 11) is -3.18. The van der Waals surface area contributed by atoms with Crippen LogP contribution in [0, 0.1) is 16.5 Å². The van der Waals surface area contributed by atoms with Gasteiger partial charge in [-0.05, 0) is 25.5 Å². The number of pyridine rings is 1. The van der Waals surface area contributed by atoms with Gasteiger partial charge in [-0.3, -0.25) is 0 Å². The molecule has 2 aliphatic rings. The summed E-state index contributed by atoms with van der Waals surface area (Å²) >= 11 is 0. The number of benzene rings is 1. The summed E-state index contributed by atoms with van der Waals surface area (Å²) in [5.41, 5.74) is 3.74. The highest BCUT2D eigenvalue weighted by Gasteiger charge is 2.50. The highest BCUT2D eigenvalue weighted by atomic mass is 32.2. The Morgan fingerprint density at radius 1 is 1.24 bits per heavy atom. The van der Waals surface area contributed by atoms with Crippen molar-refractivity contribution in [3.05, 3.63) is 64.3 Å². The SMILES string of the molecule is CC1(N[N+](=O)[C@@H]2CCc3c(-c4cccc(OC(F)F)c4)nn(-c4ncc(F)cc4F)c3C2)CS(=O)(=O)C1. The second-order valence-electron chi connectivity index (χ2n) is 9.48. The van der Waals surface area contributed by atoms with Crippen LogP contribution in [0.2, 0.25) is 0 Å². The number of halogens is 4. The minimum Gasteiger partial charge on any atom is -0.435 e. The smallest absolute Gasteiger partial charge is 0.387 e. The first-order valence-corrected chi connectivity index (χ1v) is 13.2. The zero-order valence-corrected chi connectivity index (χ0v) is 20.3. The van der Waals surface area contributed by atoms with Crippen LogP contribution < -0.4 is 10.2 Å². The van der Waals surface area contributed by atoms with Crippen molar-refractivity contribution in [2.45, 2.75) is 44.4 Å². The number of sulfone groups is 1. The van der Waals surface area contributed by atoms with Gasteiger partial charge in [0.1, 0.15) is 22.0 Å². The molecule has 196 valence electrons. The quantitative estimate of drug-likeness (QED) is 0.279. The summed E-state index contributed by atoms with van der Waals surface area (Å²) in [6.45, 7) is -1.38.